The summed E-state index contributed by atoms with van der Waals surface area (Å²) >= 11 is 0. The van der Waals surface area contributed by atoms with Gasteiger partial charge in [-0.25, -0.2) is 0 Å². The average Bonchev–Trinajstić information content (AvgIpc) is 2.65. The third kappa shape index (κ3) is 1.55. The lowest BCUT2D eigenvalue weighted by Gasteiger charge is -1.98. The Kier molecular flexibility index (Phi) is 2.11. The summed E-state index contributed by atoms with van der Waals surface area (Å²) in [6.45, 7) is 2.67. The van der Waals surface area contributed by atoms with Gasteiger partial charge in [0.1, 0.15) is 6.07 Å². The molecular weight excluding hydrogens is 174 g/mol. The van der Waals surface area contributed by atoms with Crippen LogP contribution < -0.4 is 0 Å². The van der Waals surface area contributed by atoms with Crippen LogP contribution in [0.25, 0.3) is 5.57 Å². The summed E-state index contributed by atoms with van der Waals surface area (Å²) in [5, 5.41) is 8.61. The van der Waals surface area contributed by atoms with Crippen LogP contribution in [-0.2, 0) is 0 Å². The van der Waals surface area contributed by atoms with Crippen molar-refractivity contribution in [2.24, 2.45) is 4.99 Å². The molecular formula is C11H9N3. The molecule has 3 nitrogen and oxygen atoms in total. The lowest BCUT2D eigenvalue weighted by Crippen LogP contribution is -1.90. The largest absolute Gasteiger partial charge is 0.285 e. The Bertz CT molecular complexity index is 446. The van der Waals surface area contributed by atoms with Crippen LogP contribution in [0.1, 0.15) is 18.2 Å². The Morgan fingerprint density at radius 3 is 2.79 bits per heavy atom. The number of rotatable bonds is 1. The van der Waals surface area contributed by atoms with Crippen molar-refractivity contribution in [2.75, 3.05) is 6.54 Å². The number of pyridine rings is 1. The number of aromatic nitrogens is 1. The fraction of sp³-hybridized carbons (Fsp3) is 0.182. The van der Waals surface area contributed by atoms with Crippen molar-refractivity contribution in [2.45, 2.75) is 6.92 Å². The first-order valence-corrected chi connectivity index (χ1v) is 4.38. The maximum absolute atomic E-state index is 8.61. The Balaban J connectivity index is 2.28. The first kappa shape index (κ1) is 8.64. The van der Waals surface area contributed by atoms with E-state index in [-0.39, 0.29) is 0 Å². The van der Waals surface area contributed by atoms with E-state index in [9.17, 15) is 0 Å². The van der Waals surface area contributed by atoms with Crippen molar-refractivity contribution in [3.63, 3.8) is 0 Å². The molecule has 1 aliphatic rings. The Morgan fingerprint density at radius 1 is 1.43 bits per heavy atom. The highest BCUT2D eigenvalue weighted by atomic mass is 14.8. The van der Waals surface area contributed by atoms with Gasteiger partial charge in [-0.05, 0) is 25.1 Å². The summed E-state index contributed by atoms with van der Waals surface area (Å²) in [5.41, 5.74) is 3.65. The predicted molar refractivity (Wildman–Crippen MR) is 54.9 cm³/mol. The predicted octanol–water partition coefficient (Wildman–Crippen LogP) is 1.81. The maximum Gasteiger partial charge on any atom is 0.101 e. The van der Waals surface area contributed by atoms with Gasteiger partial charge in [0.2, 0.25) is 0 Å². The van der Waals surface area contributed by atoms with Gasteiger partial charge < -0.3 is 0 Å². The van der Waals surface area contributed by atoms with Crippen LogP contribution >= 0.6 is 0 Å². The Hall–Kier alpha value is -1.95. The van der Waals surface area contributed by atoms with Crippen molar-refractivity contribution in [3.8, 4) is 6.07 Å². The second kappa shape index (κ2) is 3.43. The van der Waals surface area contributed by atoms with Crippen LogP contribution in [0, 0.1) is 11.3 Å². The summed E-state index contributed by atoms with van der Waals surface area (Å²) in [4.78, 5) is 8.46. The monoisotopic (exact) mass is 183 g/mol. The molecule has 1 aromatic heterocycles. The number of nitriles is 1. The highest BCUT2D eigenvalue weighted by molar-refractivity contribution is 6.02. The SMILES string of the molecule is CC1=NCC(c2ccc(C#N)cn2)=C1. The summed E-state index contributed by atoms with van der Waals surface area (Å²) in [6, 6.07) is 5.68. The van der Waals surface area contributed by atoms with E-state index in [1.165, 1.54) is 0 Å². The van der Waals surface area contributed by atoms with E-state index in [0.29, 0.717) is 12.1 Å². The van der Waals surface area contributed by atoms with Gasteiger partial charge in [0, 0.05) is 17.5 Å². The normalized spacial score (nSPS) is 14.6. The number of hydrogen-bond acceptors (Lipinski definition) is 3. The summed E-state index contributed by atoms with van der Waals surface area (Å²) < 4.78 is 0. The molecule has 0 spiro atoms. The van der Waals surface area contributed by atoms with Gasteiger partial charge in [0.05, 0.1) is 17.8 Å². The first-order chi connectivity index (χ1) is 6.79. The molecule has 0 unspecified atom stereocenters. The average molecular weight is 183 g/mol. The smallest absolute Gasteiger partial charge is 0.101 e. The van der Waals surface area contributed by atoms with E-state index in [1.54, 1.807) is 12.3 Å². The Labute approximate surface area is 82.4 Å². The van der Waals surface area contributed by atoms with Gasteiger partial charge in [-0.2, -0.15) is 5.26 Å². The van der Waals surface area contributed by atoms with Crippen LogP contribution in [0.2, 0.25) is 0 Å². The number of allylic oxidation sites excluding steroid dienone is 1. The highest BCUT2D eigenvalue weighted by Crippen LogP contribution is 2.16. The molecule has 0 atom stereocenters. The van der Waals surface area contributed by atoms with Gasteiger partial charge in [0.25, 0.3) is 0 Å². The third-order valence-electron chi connectivity index (χ3n) is 2.10. The molecule has 0 radical (unpaired) electrons. The fourth-order valence-electron chi connectivity index (χ4n) is 1.36. The van der Waals surface area contributed by atoms with E-state index >= 15 is 0 Å². The molecule has 1 aromatic rings. The van der Waals surface area contributed by atoms with E-state index in [2.05, 4.69) is 9.98 Å². The second-order valence-electron chi connectivity index (χ2n) is 3.17. The van der Waals surface area contributed by atoms with Crippen LogP contribution in [0.5, 0.6) is 0 Å². The second-order valence-corrected chi connectivity index (χ2v) is 3.17. The minimum Gasteiger partial charge on any atom is -0.285 e. The molecule has 0 aromatic carbocycles. The van der Waals surface area contributed by atoms with Gasteiger partial charge in [-0.1, -0.05) is 0 Å². The molecule has 1 aliphatic heterocycles. The van der Waals surface area contributed by atoms with Gasteiger partial charge in [-0.3, -0.25) is 9.98 Å². The van der Waals surface area contributed by atoms with E-state index in [1.807, 2.05) is 25.1 Å². The quantitative estimate of drug-likeness (QED) is 0.666. The summed E-state index contributed by atoms with van der Waals surface area (Å²) in [5.74, 6) is 0. The standard InChI is InChI=1S/C11H9N3/c1-8-4-10(7-13-8)11-3-2-9(5-12)6-14-11/h2-4,6H,7H2,1H3. The minimum absolute atomic E-state index is 0.588. The van der Waals surface area contributed by atoms with Crippen LogP contribution in [-0.4, -0.2) is 17.2 Å². The van der Waals surface area contributed by atoms with Crippen LogP contribution in [0.4, 0.5) is 0 Å². The zero-order valence-corrected chi connectivity index (χ0v) is 7.86. The van der Waals surface area contributed by atoms with Crippen molar-refractivity contribution in [1.29, 1.82) is 5.26 Å². The number of aliphatic imine (C=N–C) groups is 1. The molecule has 0 aliphatic carbocycles. The zero-order valence-electron chi connectivity index (χ0n) is 7.86. The number of nitrogens with zero attached hydrogens (tertiary/aromatic N) is 3. The molecule has 0 amide bonds. The van der Waals surface area contributed by atoms with Crippen molar-refractivity contribution < 1.29 is 0 Å². The first-order valence-electron chi connectivity index (χ1n) is 4.38. The van der Waals surface area contributed by atoms with Crippen molar-refractivity contribution in [3.05, 3.63) is 35.7 Å². The topological polar surface area (TPSA) is 49.0 Å². The van der Waals surface area contributed by atoms with E-state index in [0.717, 1.165) is 17.0 Å². The molecule has 0 fully saturated rings. The molecule has 68 valence electrons. The van der Waals surface area contributed by atoms with Gasteiger partial charge >= 0.3 is 0 Å². The summed E-state index contributed by atoms with van der Waals surface area (Å²) in [6.07, 6.45) is 3.61. The highest BCUT2D eigenvalue weighted by Gasteiger charge is 2.07. The maximum atomic E-state index is 8.61. The lowest BCUT2D eigenvalue weighted by atomic mass is 10.1. The van der Waals surface area contributed by atoms with E-state index < -0.39 is 0 Å². The van der Waals surface area contributed by atoms with Crippen LogP contribution in [0.3, 0.4) is 0 Å². The van der Waals surface area contributed by atoms with Gasteiger partial charge in [-0.15, -0.1) is 0 Å². The zero-order chi connectivity index (χ0) is 9.97. The molecule has 14 heavy (non-hydrogen) atoms. The van der Waals surface area contributed by atoms with E-state index in [4.69, 9.17) is 5.26 Å². The number of hydrogen-bond donors (Lipinski definition) is 0. The Morgan fingerprint density at radius 2 is 2.29 bits per heavy atom. The lowest BCUT2D eigenvalue weighted by molar-refractivity contribution is 1.20. The molecule has 0 saturated heterocycles. The van der Waals surface area contributed by atoms with Crippen LogP contribution in [0.15, 0.2) is 29.4 Å². The molecule has 2 heterocycles. The van der Waals surface area contributed by atoms with Crippen molar-refractivity contribution in [1.82, 2.24) is 4.98 Å². The minimum atomic E-state index is 0.588. The van der Waals surface area contributed by atoms with Gasteiger partial charge in [0.15, 0.2) is 0 Å². The molecule has 0 saturated carbocycles. The third-order valence-corrected chi connectivity index (χ3v) is 2.10. The summed E-state index contributed by atoms with van der Waals surface area (Å²) in [7, 11) is 0. The molecule has 3 heteroatoms. The molecule has 2 rings (SSSR count). The molecule has 0 N–H and O–H groups in total. The fourth-order valence-corrected chi connectivity index (χ4v) is 1.36. The molecule has 0 bridgehead atoms. The van der Waals surface area contributed by atoms with Crippen molar-refractivity contribution >= 4 is 11.3 Å².